The van der Waals surface area contributed by atoms with Crippen LogP contribution in [0.3, 0.4) is 0 Å². The maximum atomic E-state index is 14.7. The van der Waals surface area contributed by atoms with Gasteiger partial charge in [0.15, 0.2) is 0 Å². The molecule has 10 nitrogen and oxygen atoms in total. The highest BCUT2D eigenvalue weighted by atomic mass is 19.4. The Balaban J connectivity index is 1.40. The lowest BCUT2D eigenvalue weighted by molar-refractivity contribution is -0.139. The van der Waals surface area contributed by atoms with Gasteiger partial charge in [-0.1, -0.05) is 11.2 Å². The standard InChI is InChI=1S/C27H32F4N8O2/c1-26(2,3)39-13-16(11-33-39)25(40)32-12-23-35-24(36-41-23)22-10-17-19(34-20-8-9-37(4)14-18(20)28)6-5-7-21(17)38(22)15-27(29,30)31/h5-7,10-11,13,18,20,34H,8-9,12,14-15H2,1-4H3,(H,32,40)/t18?,20-/m1/s1. The third-order valence-corrected chi connectivity index (χ3v) is 7.00. The molecule has 5 rings (SSSR count). The molecule has 1 unspecified atom stereocenters. The second kappa shape index (κ2) is 10.8. The number of hydrogen-bond acceptors (Lipinski definition) is 7. The van der Waals surface area contributed by atoms with Crippen molar-refractivity contribution in [2.75, 3.05) is 25.5 Å². The number of halogens is 4. The van der Waals surface area contributed by atoms with Crippen molar-refractivity contribution in [2.24, 2.45) is 0 Å². The molecule has 0 spiro atoms. The van der Waals surface area contributed by atoms with Gasteiger partial charge in [0.25, 0.3) is 5.91 Å². The average molecular weight is 577 g/mol. The van der Waals surface area contributed by atoms with E-state index in [-0.39, 0.29) is 36.0 Å². The molecule has 14 heteroatoms. The minimum atomic E-state index is -4.53. The summed E-state index contributed by atoms with van der Waals surface area (Å²) < 4.78 is 63.7. The van der Waals surface area contributed by atoms with Gasteiger partial charge in [-0.15, -0.1) is 0 Å². The van der Waals surface area contributed by atoms with E-state index in [1.54, 1.807) is 35.1 Å². The molecule has 220 valence electrons. The monoisotopic (exact) mass is 576 g/mol. The van der Waals surface area contributed by atoms with Crippen LogP contribution in [-0.2, 0) is 18.6 Å². The normalized spacial score (nSPS) is 18.6. The van der Waals surface area contributed by atoms with Crippen LogP contribution in [0.4, 0.5) is 23.2 Å². The Hall–Kier alpha value is -3.94. The van der Waals surface area contributed by atoms with E-state index in [0.717, 1.165) is 4.57 Å². The van der Waals surface area contributed by atoms with Crippen molar-refractivity contribution in [1.29, 1.82) is 0 Å². The summed E-state index contributed by atoms with van der Waals surface area (Å²) in [5.74, 6) is -0.462. The van der Waals surface area contributed by atoms with E-state index in [9.17, 15) is 22.4 Å². The number of nitrogens with zero attached hydrogens (tertiary/aromatic N) is 6. The number of amides is 1. The van der Waals surface area contributed by atoms with Gasteiger partial charge < -0.3 is 24.6 Å². The number of nitrogens with one attached hydrogen (secondary N) is 2. The Morgan fingerprint density at radius 1 is 1.22 bits per heavy atom. The molecule has 0 aliphatic carbocycles. The number of piperidine rings is 1. The van der Waals surface area contributed by atoms with Crippen molar-refractivity contribution >= 4 is 22.5 Å². The van der Waals surface area contributed by atoms with Crippen LogP contribution in [0.1, 0.15) is 43.4 Å². The van der Waals surface area contributed by atoms with Crippen molar-refractivity contribution in [3.05, 3.63) is 48.1 Å². The molecule has 1 saturated heterocycles. The maximum absolute atomic E-state index is 14.7. The summed E-state index contributed by atoms with van der Waals surface area (Å²) in [4.78, 5) is 18.7. The second-order valence-electron chi connectivity index (χ2n) is 11.3. The largest absolute Gasteiger partial charge is 0.406 e. The highest BCUT2D eigenvalue weighted by Crippen LogP contribution is 2.35. The molecule has 0 radical (unpaired) electrons. The van der Waals surface area contributed by atoms with E-state index < -0.39 is 30.8 Å². The van der Waals surface area contributed by atoms with Crippen molar-refractivity contribution in [3.8, 4) is 11.5 Å². The molecule has 0 bridgehead atoms. The molecule has 4 heterocycles. The number of benzene rings is 1. The fourth-order valence-electron chi connectivity index (χ4n) is 4.86. The first kappa shape index (κ1) is 28.6. The van der Waals surface area contributed by atoms with Gasteiger partial charge in [0.2, 0.25) is 11.7 Å². The Morgan fingerprint density at radius 2 is 2.00 bits per heavy atom. The minimum absolute atomic E-state index is 0.0188. The summed E-state index contributed by atoms with van der Waals surface area (Å²) in [6, 6.07) is 5.98. The van der Waals surface area contributed by atoms with Gasteiger partial charge in [0, 0.05) is 30.4 Å². The van der Waals surface area contributed by atoms with E-state index in [1.807, 2.05) is 32.7 Å². The summed E-state index contributed by atoms with van der Waals surface area (Å²) in [5.41, 5.74) is 0.935. The van der Waals surface area contributed by atoms with Gasteiger partial charge in [0.1, 0.15) is 12.7 Å². The van der Waals surface area contributed by atoms with E-state index in [1.165, 1.54) is 6.20 Å². The van der Waals surface area contributed by atoms with Crippen molar-refractivity contribution in [3.63, 3.8) is 0 Å². The number of carbonyl (C=O) groups excluding carboxylic acids is 1. The summed E-state index contributed by atoms with van der Waals surface area (Å²) >= 11 is 0. The second-order valence-corrected chi connectivity index (χ2v) is 11.3. The zero-order valence-corrected chi connectivity index (χ0v) is 23.2. The Bertz CT molecular complexity index is 1530. The molecule has 1 aliphatic rings. The SMILES string of the molecule is CN1CC[C@@H](Nc2cccc3c2cc(-c2noc(CNC(=O)c4cnn(C(C)(C)C)c4)n2)n3CC(F)(F)F)C(F)C1. The first-order chi connectivity index (χ1) is 19.3. The third-order valence-electron chi connectivity index (χ3n) is 7.00. The maximum Gasteiger partial charge on any atom is 0.406 e. The molecule has 1 amide bonds. The van der Waals surface area contributed by atoms with Crippen LogP contribution in [0, 0.1) is 0 Å². The summed E-state index contributed by atoms with van der Waals surface area (Å²) in [6.45, 7) is 5.41. The average Bonchev–Trinajstić information content (AvgIpc) is 3.63. The molecule has 0 saturated carbocycles. The van der Waals surface area contributed by atoms with Gasteiger partial charge in [-0.25, -0.2) is 4.39 Å². The lowest BCUT2D eigenvalue weighted by atomic mass is 10.0. The fraction of sp³-hybridized carbons (Fsp3) is 0.481. The lowest BCUT2D eigenvalue weighted by Crippen LogP contribution is -2.46. The molecule has 2 N–H and O–H groups in total. The highest BCUT2D eigenvalue weighted by Gasteiger charge is 2.32. The molecular formula is C27H32F4N8O2. The van der Waals surface area contributed by atoms with Crippen molar-refractivity contribution in [1.82, 2.24) is 34.7 Å². The van der Waals surface area contributed by atoms with E-state index in [2.05, 4.69) is 25.9 Å². The first-order valence-corrected chi connectivity index (χ1v) is 13.2. The molecule has 3 aromatic heterocycles. The summed E-state index contributed by atoms with van der Waals surface area (Å²) in [6.07, 6.45) is -2.04. The minimum Gasteiger partial charge on any atom is -0.379 e. The van der Waals surface area contributed by atoms with Gasteiger partial charge in [0.05, 0.1) is 41.1 Å². The number of alkyl halides is 4. The Labute approximate surface area is 233 Å². The topological polar surface area (TPSA) is 106 Å². The zero-order chi connectivity index (χ0) is 29.5. The van der Waals surface area contributed by atoms with Crippen LogP contribution in [0.15, 0.2) is 41.2 Å². The molecule has 2 atom stereocenters. The number of carbonyl (C=O) groups is 1. The van der Waals surface area contributed by atoms with E-state index in [4.69, 9.17) is 4.52 Å². The van der Waals surface area contributed by atoms with Crippen molar-refractivity contribution < 1.29 is 26.9 Å². The van der Waals surface area contributed by atoms with Crippen LogP contribution >= 0.6 is 0 Å². The molecule has 1 fully saturated rings. The van der Waals surface area contributed by atoms with Crippen LogP contribution in [0.2, 0.25) is 0 Å². The van der Waals surface area contributed by atoms with Crippen LogP contribution in [-0.4, -0.2) is 73.8 Å². The summed E-state index contributed by atoms with van der Waals surface area (Å²) in [7, 11) is 1.85. The molecule has 41 heavy (non-hydrogen) atoms. The van der Waals surface area contributed by atoms with Crippen molar-refractivity contribution in [2.45, 2.75) is 64.2 Å². The lowest BCUT2D eigenvalue weighted by Gasteiger charge is -2.33. The first-order valence-electron chi connectivity index (χ1n) is 13.2. The Kier molecular flexibility index (Phi) is 7.53. The fourth-order valence-corrected chi connectivity index (χ4v) is 4.86. The smallest absolute Gasteiger partial charge is 0.379 e. The van der Waals surface area contributed by atoms with E-state index >= 15 is 0 Å². The van der Waals surface area contributed by atoms with Gasteiger partial charge in [-0.2, -0.15) is 23.3 Å². The number of likely N-dealkylation sites (tertiary alicyclic amines) is 1. The van der Waals surface area contributed by atoms with Gasteiger partial charge in [-0.3, -0.25) is 9.48 Å². The van der Waals surface area contributed by atoms with E-state index in [0.29, 0.717) is 35.1 Å². The summed E-state index contributed by atoms with van der Waals surface area (Å²) in [5, 5.41) is 14.4. The number of aromatic nitrogens is 5. The van der Waals surface area contributed by atoms with Crippen LogP contribution in [0.5, 0.6) is 0 Å². The number of rotatable bonds is 7. The number of anilines is 1. The van der Waals surface area contributed by atoms with Gasteiger partial charge in [-0.05, 0) is 52.4 Å². The van der Waals surface area contributed by atoms with Crippen LogP contribution in [0.25, 0.3) is 22.4 Å². The number of hydrogen-bond donors (Lipinski definition) is 2. The molecular weight excluding hydrogens is 544 g/mol. The quantitative estimate of drug-likeness (QED) is 0.310. The zero-order valence-electron chi connectivity index (χ0n) is 23.2. The van der Waals surface area contributed by atoms with Crippen LogP contribution < -0.4 is 10.6 Å². The molecule has 1 aromatic carbocycles. The predicted molar refractivity (Wildman–Crippen MR) is 144 cm³/mol. The predicted octanol–water partition coefficient (Wildman–Crippen LogP) is 4.59. The highest BCUT2D eigenvalue weighted by molar-refractivity contribution is 5.96. The Morgan fingerprint density at radius 3 is 2.68 bits per heavy atom. The molecule has 1 aliphatic heterocycles. The third kappa shape index (κ3) is 6.37. The number of fused-ring (bicyclic) bond motifs is 1. The molecule has 4 aromatic rings. The van der Waals surface area contributed by atoms with Gasteiger partial charge >= 0.3 is 6.18 Å².